The third kappa shape index (κ3) is 4.87. The molecule has 0 radical (unpaired) electrons. The average molecular weight is 354 g/mol. The molecule has 138 valence electrons. The van der Waals surface area contributed by atoms with Crippen molar-refractivity contribution >= 4 is 29.5 Å². The van der Waals surface area contributed by atoms with Crippen LogP contribution in [0.4, 0.5) is 4.79 Å². The number of hydrogen-bond acceptors (Lipinski definition) is 5. The number of carboxylic acid groups (broad SMARTS) is 1. The van der Waals surface area contributed by atoms with Crippen molar-refractivity contribution in [2.75, 3.05) is 0 Å². The summed E-state index contributed by atoms with van der Waals surface area (Å²) in [6, 6.07) is -1.36. The molecule has 0 saturated carbocycles. The van der Waals surface area contributed by atoms with Crippen molar-refractivity contribution < 1.29 is 33.8 Å². The van der Waals surface area contributed by atoms with Gasteiger partial charge in [0.05, 0.1) is 12.0 Å². The Kier molecular flexibility index (Phi) is 6.04. The third-order valence-corrected chi connectivity index (χ3v) is 3.77. The number of carbonyl (C=O) groups is 4. The van der Waals surface area contributed by atoms with Crippen molar-refractivity contribution in [1.29, 1.82) is 0 Å². The SMILES string of the molecule is CC(C(=O)C(=[N+]=[N-])C(=O)O)[C@H]1NC(=O)[C@@H]1[C@@H](C)NC(=O)OC(C)(C)C. The maximum Gasteiger partial charge on any atom is 0.441 e. The zero-order valence-corrected chi connectivity index (χ0v) is 14.7. The molecule has 0 aromatic heterocycles. The smallest absolute Gasteiger partial charge is 0.441 e. The number of nitrogens with zero attached hydrogens (tertiary/aromatic N) is 2. The first-order valence-electron chi connectivity index (χ1n) is 7.68. The Morgan fingerprint density at radius 3 is 2.28 bits per heavy atom. The van der Waals surface area contributed by atoms with Crippen molar-refractivity contribution in [3.05, 3.63) is 5.53 Å². The summed E-state index contributed by atoms with van der Waals surface area (Å²) in [6.45, 7) is 8.07. The second kappa shape index (κ2) is 7.43. The first-order chi connectivity index (χ1) is 11.4. The topological polar surface area (TPSA) is 158 Å². The molecule has 4 atom stereocenters. The number of hydrogen-bond donors (Lipinski definition) is 3. The lowest BCUT2D eigenvalue weighted by atomic mass is 9.75. The van der Waals surface area contributed by atoms with E-state index in [1.807, 2.05) is 0 Å². The highest BCUT2D eigenvalue weighted by Crippen LogP contribution is 2.26. The Morgan fingerprint density at radius 2 is 1.88 bits per heavy atom. The van der Waals surface area contributed by atoms with Gasteiger partial charge in [0.25, 0.3) is 5.78 Å². The molecule has 10 nitrogen and oxygen atoms in total. The summed E-state index contributed by atoms with van der Waals surface area (Å²) in [7, 11) is 0. The molecule has 3 N–H and O–H groups in total. The molecule has 1 unspecified atom stereocenters. The number of ether oxygens (including phenoxy) is 1. The van der Waals surface area contributed by atoms with E-state index in [2.05, 4.69) is 15.4 Å². The number of β-lactam (4-membered cyclic amide) rings is 1. The number of carboxylic acids is 1. The largest absolute Gasteiger partial charge is 0.472 e. The van der Waals surface area contributed by atoms with Gasteiger partial charge < -0.3 is 26.0 Å². The molecule has 0 bridgehead atoms. The molecule has 1 saturated heterocycles. The molecule has 1 heterocycles. The van der Waals surface area contributed by atoms with Crippen LogP contribution in [0.1, 0.15) is 34.6 Å². The molecule has 0 aromatic rings. The maximum absolute atomic E-state index is 12.1. The lowest BCUT2D eigenvalue weighted by Crippen LogP contribution is -2.68. The van der Waals surface area contributed by atoms with Gasteiger partial charge in [0.2, 0.25) is 5.91 Å². The van der Waals surface area contributed by atoms with Gasteiger partial charge in [0, 0.05) is 12.0 Å². The minimum Gasteiger partial charge on any atom is -0.472 e. The van der Waals surface area contributed by atoms with E-state index >= 15 is 0 Å². The van der Waals surface area contributed by atoms with Gasteiger partial charge in [0.15, 0.2) is 0 Å². The normalized spacial score (nSPS) is 21.7. The summed E-state index contributed by atoms with van der Waals surface area (Å²) in [5.41, 5.74) is 6.95. The molecule has 2 amide bonds. The van der Waals surface area contributed by atoms with Crippen molar-refractivity contribution in [1.82, 2.24) is 10.6 Å². The molecule has 0 spiro atoms. The van der Waals surface area contributed by atoms with Crippen molar-refractivity contribution in [2.24, 2.45) is 11.8 Å². The molecule has 0 aromatic carbocycles. The Labute approximate surface area is 144 Å². The quantitative estimate of drug-likeness (QED) is 0.200. The lowest BCUT2D eigenvalue weighted by molar-refractivity contribution is -0.141. The number of rotatable bonds is 6. The lowest BCUT2D eigenvalue weighted by Gasteiger charge is -2.42. The van der Waals surface area contributed by atoms with Crippen LogP contribution in [0, 0.1) is 11.8 Å². The van der Waals surface area contributed by atoms with E-state index in [-0.39, 0.29) is 5.91 Å². The highest BCUT2D eigenvalue weighted by atomic mass is 16.6. The van der Waals surface area contributed by atoms with Crippen LogP contribution in [0.25, 0.3) is 5.53 Å². The number of Topliss-reactive ketones (excluding diaryl/α,β-unsaturated/α-hetero) is 1. The minimum atomic E-state index is -1.67. The standard InChI is InChI=1S/C15H22N4O6/c1-6(11(20)10(19-16)13(22)23)9-8(12(21)18-9)7(2)17-14(24)25-15(3,4)5/h6-9H,1-5H3,(H,17,24)(H,18,21)(H,22,23)/t6?,7-,8-,9-/m1/s1. The van der Waals surface area contributed by atoms with Gasteiger partial charge in [-0.1, -0.05) is 6.92 Å². The Balaban J connectivity index is 2.82. The van der Waals surface area contributed by atoms with E-state index in [0.717, 1.165) is 0 Å². The third-order valence-electron chi connectivity index (χ3n) is 3.77. The van der Waals surface area contributed by atoms with E-state index < -0.39 is 53.1 Å². The minimum absolute atomic E-state index is 0.383. The Bertz CT molecular complexity index is 647. The van der Waals surface area contributed by atoms with Crippen LogP contribution < -0.4 is 10.6 Å². The van der Waals surface area contributed by atoms with Crippen LogP contribution in [-0.2, 0) is 19.1 Å². The van der Waals surface area contributed by atoms with Crippen LogP contribution >= 0.6 is 0 Å². The van der Waals surface area contributed by atoms with E-state index in [9.17, 15) is 19.2 Å². The highest BCUT2D eigenvalue weighted by molar-refractivity contribution is 6.62. The van der Waals surface area contributed by atoms with Crippen LogP contribution in [0.2, 0.25) is 0 Å². The molecule has 1 aliphatic heterocycles. The van der Waals surface area contributed by atoms with Crippen LogP contribution in [0.5, 0.6) is 0 Å². The van der Waals surface area contributed by atoms with Gasteiger partial charge in [0.1, 0.15) is 5.60 Å². The van der Waals surface area contributed by atoms with Gasteiger partial charge >= 0.3 is 17.8 Å². The summed E-state index contributed by atoms with van der Waals surface area (Å²) < 4.78 is 5.11. The first kappa shape index (κ1) is 20.3. The molecule has 1 rings (SSSR count). The molecular weight excluding hydrogens is 332 g/mol. The summed E-state index contributed by atoms with van der Waals surface area (Å²) in [5.74, 6) is -4.67. The zero-order valence-electron chi connectivity index (χ0n) is 14.7. The Morgan fingerprint density at radius 1 is 1.32 bits per heavy atom. The van der Waals surface area contributed by atoms with Gasteiger partial charge in [-0.2, -0.15) is 4.79 Å². The fourth-order valence-electron chi connectivity index (χ4n) is 2.55. The predicted octanol–water partition coefficient (Wildman–Crippen LogP) is -0.0252. The fourth-order valence-corrected chi connectivity index (χ4v) is 2.55. The molecule has 0 aliphatic carbocycles. The fraction of sp³-hybridized carbons (Fsp3) is 0.667. The van der Waals surface area contributed by atoms with E-state index in [1.165, 1.54) is 6.92 Å². The van der Waals surface area contributed by atoms with Crippen molar-refractivity contribution in [2.45, 2.75) is 52.3 Å². The maximum atomic E-state index is 12.1. The second-order valence-electron chi connectivity index (χ2n) is 6.90. The molecule has 10 heteroatoms. The van der Waals surface area contributed by atoms with Gasteiger partial charge in [-0.15, -0.1) is 0 Å². The highest BCUT2D eigenvalue weighted by Gasteiger charge is 2.50. The number of ketones is 1. The second-order valence-corrected chi connectivity index (χ2v) is 6.90. The molecule has 1 fully saturated rings. The van der Waals surface area contributed by atoms with E-state index in [4.69, 9.17) is 15.4 Å². The van der Waals surface area contributed by atoms with Crippen molar-refractivity contribution in [3.63, 3.8) is 0 Å². The summed E-state index contributed by atoms with van der Waals surface area (Å²) in [5, 5.41) is 13.9. The molecule has 25 heavy (non-hydrogen) atoms. The van der Waals surface area contributed by atoms with E-state index in [1.54, 1.807) is 27.7 Å². The Hall–Kier alpha value is -2.74. The summed E-state index contributed by atoms with van der Waals surface area (Å²) in [6.07, 6.45) is -0.708. The number of aliphatic carboxylic acids is 1. The number of nitrogens with one attached hydrogen (secondary N) is 2. The molecule has 1 aliphatic rings. The molecular formula is C15H22N4O6. The summed E-state index contributed by atoms with van der Waals surface area (Å²) in [4.78, 5) is 49.1. The van der Waals surface area contributed by atoms with Gasteiger partial charge in [-0.25, -0.2) is 9.59 Å². The van der Waals surface area contributed by atoms with Crippen LogP contribution in [-0.4, -0.2) is 57.0 Å². The van der Waals surface area contributed by atoms with Gasteiger partial charge in [-0.3, -0.25) is 9.59 Å². The average Bonchev–Trinajstić information content (AvgIpc) is 2.41. The number of carbonyl (C=O) groups excluding carboxylic acids is 3. The van der Waals surface area contributed by atoms with Crippen LogP contribution in [0.15, 0.2) is 0 Å². The predicted molar refractivity (Wildman–Crippen MR) is 84.7 cm³/mol. The van der Waals surface area contributed by atoms with Gasteiger partial charge in [-0.05, 0) is 27.7 Å². The zero-order chi connectivity index (χ0) is 19.5. The first-order valence-corrected chi connectivity index (χ1v) is 7.68. The van der Waals surface area contributed by atoms with Crippen molar-refractivity contribution in [3.8, 4) is 0 Å². The van der Waals surface area contributed by atoms with Crippen LogP contribution in [0.3, 0.4) is 0 Å². The number of amides is 2. The van der Waals surface area contributed by atoms with E-state index in [0.29, 0.717) is 0 Å². The number of alkyl carbamates (subject to hydrolysis) is 1. The monoisotopic (exact) mass is 354 g/mol. The summed E-state index contributed by atoms with van der Waals surface area (Å²) >= 11 is 0.